The third-order valence-electron chi connectivity index (χ3n) is 3.01. The first-order valence-corrected chi connectivity index (χ1v) is 7.30. The van der Waals surface area contributed by atoms with E-state index in [9.17, 15) is 0 Å². The van der Waals surface area contributed by atoms with Crippen LogP contribution in [0.15, 0.2) is 0 Å². The Morgan fingerprint density at radius 2 is 1.82 bits per heavy atom. The number of rotatable bonds is 10. The van der Waals surface area contributed by atoms with Crippen LogP contribution in [0.4, 0.5) is 0 Å². The zero-order valence-electron chi connectivity index (χ0n) is 12.6. The third kappa shape index (κ3) is 12.2. The molecule has 0 aliphatic carbocycles. The van der Waals surface area contributed by atoms with Gasteiger partial charge in [0.15, 0.2) is 0 Å². The molecule has 0 saturated heterocycles. The second-order valence-corrected chi connectivity index (χ2v) is 6.12. The van der Waals surface area contributed by atoms with Crippen LogP contribution < -0.4 is 5.32 Å². The largest absolute Gasteiger partial charge is 0.381 e. The molecule has 17 heavy (non-hydrogen) atoms. The highest BCUT2D eigenvalue weighted by molar-refractivity contribution is 4.64. The maximum atomic E-state index is 5.68. The highest BCUT2D eigenvalue weighted by Crippen LogP contribution is 2.17. The second-order valence-electron chi connectivity index (χ2n) is 6.12. The topological polar surface area (TPSA) is 21.3 Å². The average Bonchev–Trinajstić information content (AvgIpc) is 2.25. The fourth-order valence-electron chi connectivity index (χ4n) is 1.71. The Kier molecular flexibility index (Phi) is 9.85. The lowest BCUT2D eigenvalue weighted by Crippen LogP contribution is -2.29. The van der Waals surface area contributed by atoms with Gasteiger partial charge in [-0.05, 0) is 44.1 Å². The van der Waals surface area contributed by atoms with E-state index in [0.29, 0.717) is 11.5 Å². The van der Waals surface area contributed by atoms with Gasteiger partial charge < -0.3 is 10.1 Å². The molecule has 0 aliphatic rings. The van der Waals surface area contributed by atoms with Crippen LogP contribution in [0.3, 0.4) is 0 Å². The number of hydrogen-bond acceptors (Lipinski definition) is 2. The number of hydrogen-bond donors (Lipinski definition) is 1. The average molecular weight is 243 g/mol. The minimum Gasteiger partial charge on any atom is -0.381 e. The van der Waals surface area contributed by atoms with E-state index in [1.807, 2.05) is 0 Å². The van der Waals surface area contributed by atoms with Crippen molar-refractivity contribution >= 4 is 0 Å². The minimum absolute atomic E-state index is 0.397. The molecule has 1 atom stereocenters. The summed E-state index contributed by atoms with van der Waals surface area (Å²) in [7, 11) is 0. The van der Waals surface area contributed by atoms with E-state index in [2.05, 4.69) is 39.9 Å². The Labute approximate surface area is 109 Å². The SMILES string of the molecule is CCCNC(CC)CCCOCCC(C)(C)C. The van der Waals surface area contributed by atoms with Crippen LogP contribution in [0.25, 0.3) is 0 Å². The van der Waals surface area contributed by atoms with Crippen LogP contribution in [-0.2, 0) is 4.74 Å². The quantitative estimate of drug-likeness (QED) is 0.586. The van der Waals surface area contributed by atoms with E-state index >= 15 is 0 Å². The van der Waals surface area contributed by atoms with Crippen molar-refractivity contribution in [3.05, 3.63) is 0 Å². The molecule has 0 aromatic heterocycles. The van der Waals surface area contributed by atoms with Crippen LogP contribution in [-0.4, -0.2) is 25.8 Å². The van der Waals surface area contributed by atoms with Gasteiger partial charge in [0, 0.05) is 19.3 Å². The zero-order chi connectivity index (χ0) is 13.1. The van der Waals surface area contributed by atoms with Crippen molar-refractivity contribution in [1.82, 2.24) is 5.32 Å². The summed E-state index contributed by atoms with van der Waals surface area (Å²) in [5.74, 6) is 0. The van der Waals surface area contributed by atoms with Gasteiger partial charge in [-0.2, -0.15) is 0 Å². The summed E-state index contributed by atoms with van der Waals surface area (Å²) in [5.41, 5.74) is 0.397. The Morgan fingerprint density at radius 1 is 1.12 bits per heavy atom. The molecule has 0 aliphatic heterocycles. The molecule has 0 rings (SSSR count). The summed E-state index contributed by atoms with van der Waals surface area (Å²) in [4.78, 5) is 0. The van der Waals surface area contributed by atoms with Crippen LogP contribution in [0.2, 0.25) is 0 Å². The van der Waals surface area contributed by atoms with Gasteiger partial charge in [0.1, 0.15) is 0 Å². The molecule has 0 bridgehead atoms. The van der Waals surface area contributed by atoms with Gasteiger partial charge in [0.25, 0.3) is 0 Å². The summed E-state index contributed by atoms with van der Waals surface area (Å²) in [6.45, 7) is 14.2. The van der Waals surface area contributed by atoms with Crippen LogP contribution in [0.5, 0.6) is 0 Å². The summed E-state index contributed by atoms with van der Waals surface area (Å²) in [6, 6.07) is 0.682. The van der Waals surface area contributed by atoms with E-state index < -0.39 is 0 Å². The minimum atomic E-state index is 0.397. The monoisotopic (exact) mass is 243 g/mol. The first-order chi connectivity index (χ1) is 7.99. The molecule has 2 heteroatoms. The van der Waals surface area contributed by atoms with Crippen molar-refractivity contribution < 1.29 is 4.74 Å². The van der Waals surface area contributed by atoms with Gasteiger partial charge in [-0.3, -0.25) is 0 Å². The maximum absolute atomic E-state index is 5.68. The first-order valence-electron chi connectivity index (χ1n) is 7.30. The van der Waals surface area contributed by atoms with Crippen molar-refractivity contribution in [1.29, 1.82) is 0 Å². The summed E-state index contributed by atoms with van der Waals surface area (Å²) in [6.07, 6.45) is 6.02. The lowest BCUT2D eigenvalue weighted by atomic mass is 9.93. The zero-order valence-corrected chi connectivity index (χ0v) is 12.6. The van der Waals surface area contributed by atoms with Crippen molar-refractivity contribution in [2.75, 3.05) is 19.8 Å². The van der Waals surface area contributed by atoms with E-state index in [1.165, 1.54) is 25.7 Å². The van der Waals surface area contributed by atoms with E-state index in [4.69, 9.17) is 4.74 Å². The van der Waals surface area contributed by atoms with E-state index in [-0.39, 0.29) is 0 Å². The maximum Gasteiger partial charge on any atom is 0.0471 e. The summed E-state index contributed by atoms with van der Waals surface area (Å²) >= 11 is 0. The molecule has 1 N–H and O–H groups in total. The van der Waals surface area contributed by atoms with Crippen LogP contribution in [0, 0.1) is 5.41 Å². The molecular formula is C15H33NO. The highest BCUT2D eigenvalue weighted by Gasteiger charge is 2.09. The summed E-state index contributed by atoms with van der Waals surface area (Å²) in [5, 5.41) is 3.58. The molecule has 2 nitrogen and oxygen atoms in total. The molecule has 0 spiro atoms. The van der Waals surface area contributed by atoms with E-state index in [1.54, 1.807) is 0 Å². The van der Waals surface area contributed by atoms with Gasteiger partial charge in [-0.1, -0.05) is 34.6 Å². The smallest absolute Gasteiger partial charge is 0.0471 e. The van der Waals surface area contributed by atoms with Crippen LogP contribution >= 0.6 is 0 Å². The number of ether oxygens (including phenoxy) is 1. The molecule has 1 unspecified atom stereocenters. The molecule has 0 aromatic rings. The van der Waals surface area contributed by atoms with Crippen molar-refractivity contribution in [3.8, 4) is 0 Å². The lowest BCUT2D eigenvalue weighted by molar-refractivity contribution is 0.103. The van der Waals surface area contributed by atoms with Crippen molar-refractivity contribution in [3.63, 3.8) is 0 Å². The van der Waals surface area contributed by atoms with Crippen LogP contribution in [0.1, 0.15) is 66.7 Å². The van der Waals surface area contributed by atoms with Gasteiger partial charge in [0.2, 0.25) is 0 Å². The van der Waals surface area contributed by atoms with E-state index in [0.717, 1.165) is 26.2 Å². The fourth-order valence-corrected chi connectivity index (χ4v) is 1.71. The molecule has 0 heterocycles. The Morgan fingerprint density at radius 3 is 2.35 bits per heavy atom. The predicted molar refractivity (Wildman–Crippen MR) is 76.5 cm³/mol. The molecule has 0 aromatic carbocycles. The summed E-state index contributed by atoms with van der Waals surface area (Å²) < 4.78 is 5.68. The predicted octanol–water partition coefficient (Wildman–Crippen LogP) is 4.00. The van der Waals surface area contributed by atoms with Gasteiger partial charge in [0.05, 0.1) is 0 Å². The lowest BCUT2D eigenvalue weighted by Gasteiger charge is -2.18. The highest BCUT2D eigenvalue weighted by atomic mass is 16.5. The van der Waals surface area contributed by atoms with Crippen molar-refractivity contribution in [2.45, 2.75) is 72.8 Å². The van der Waals surface area contributed by atoms with Gasteiger partial charge in [-0.15, -0.1) is 0 Å². The Bertz CT molecular complexity index is 163. The molecule has 104 valence electrons. The standard InChI is InChI=1S/C15H33NO/c1-6-11-16-14(7-2)9-8-12-17-13-10-15(3,4)5/h14,16H,6-13H2,1-5H3. The normalized spacial score (nSPS) is 13.9. The Balaban J connectivity index is 3.36. The fraction of sp³-hybridized carbons (Fsp3) is 1.00. The molecule has 0 fully saturated rings. The van der Waals surface area contributed by atoms with Gasteiger partial charge in [-0.25, -0.2) is 0 Å². The molecule has 0 saturated carbocycles. The first kappa shape index (κ1) is 16.9. The molecule has 0 radical (unpaired) electrons. The molecular weight excluding hydrogens is 210 g/mol. The third-order valence-corrected chi connectivity index (χ3v) is 3.01. The Hall–Kier alpha value is -0.0800. The molecule has 0 amide bonds. The second kappa shape index (κ2) is 9.90. The van der Waals surface area contributed by atoms with Gasteiger partial charge >= 0.3 is 0 Å². The van der Waals surface area contributed by atoms with Crippen molar-refractivity contribution in [2.24, 2.45) is 5.41 Å². The number of nitrogens with one attached hydrogen (secondary N) is 1.